The summed E-state index contributed by atoms with van der Waals surface area (Å²) in [5, 5.41) is 0. The van der Waals surface area contributed by atoms with Gasteiger partial charge in [0.1, 0.15) is 0 Å². The SMILES string of the molecule is O=[C-]c1c[c-]ncc1.[Y].[Y]. The molecule has 0 aliphatic carbocycles. The number of hydrogen-bond acceptors (Lipinski definition) is 2. The van der Waals surface area contributed by atoms with E-state index < -0.39 is 0 Å². The van der Waals surface area contributed by atoms with E-state index in [2.05, 4.69) is 11.2 Å². The van der Waals surface area contributed by atoms with E-state index in [9.17, 15) is 4.79 Å². The summed E-state index contributed by atoms with van der Waals surface area (Å²) in [5.41, 5.74) is 0.486. The van der Waals surface area contributed by atoms with Gasteiger partial charge in [0.15, 0.2) is 0 Å². The van der Waals surface area contributed by atoms with Gasteiger partial charge in [-0.3, -0.25) is 17.7 Å². The minimum atomic E-state index is 0. The predicted molar refractivity (Wildman–Crippen MR) is 27.9 cm³/mol. The molecule has 2 radical (unpaired) electrons. The van der Waals surface area contributed by atoms with Crippen molar-refractivity contribution in [2.75, 3.05) is 0 Å². The van der Waals surface area contributed by atoms with Crippen molar-refractivity contribution in [2.45, 2.75) is 0 Å². The molecule has 2 nitrogen and oxygen atoms in total. The Morgan fingerprint density at radius 1 is 1.50 bits per heavy atom. The molecule has 0 amide bonds. The van der Waals surface area contributed by atoms with Crippen LogP contribution in [-0.2, 0) is 70.2 Å². The van der Waals surface area contributed by atoms with Crippen LogP contribution in [0, 0.1) is 6.20 Å². The van der Waals surface area contributed by atoms with Crippen molar-refractivity contribution in [1.29, 1.82) is 0 Å². The van der Waals surface area contributed by atoms with Gasteiger partial charge in [0.2, 0.25) is 0 Å². The number of nitrogens with zero attached hydrogens (tertiary/aromatic N) is 1. The molecule has 0 N–H and O–H groups in total. The molecule has 0 saturated carbocycles. The summed E-state index contributed by atoms with van der Waals surface area (Å²) in [6, 6.07) is 3.05. The zero-order chi connectivity index (χ0) is 5.82. The number of aromatic nitrogens is 1. The first kappa shape index (κ1) is 13.6. The molecule has 1 rings (SSSR count). The number of rotatable bonds is 1. The Morgan fingerprint density at radius 3 is 2.50 bits per heavy atom. The number of pyridine rings is 1. The predicted octanol–water partition coefficient (Wildman–Crippen LogP) is 0.335. The first-order valence-corrected chi connectivity index (χ1v) is 2.14. The van der Waals surface area contributed by atoms with Gasteiger partial charge in [-0.2, -0.15) is 0 Å². The summed E-state index contributed by atoms with van der Waals surface area (Å²) in [6.07, 6.45) is 5.71. The van der Waals surface area contributed by atoms with E-state index in [0.29, 0.717) is 5.56 Å². The Kier molecular flexibility index (Phi) is 11.1. The van der Waals surface area contributed by atoms with E-state index in [4.69, 9.17) is 0 Å². The van der Waals surface area contributed by atoms with Crippen molar-refractivity contribution in [3.8, 4) is 0 Å². The van der Waals surface area contributed by atoms with Crippen molar-refractivity contribution in [2.24, 2.45) is 0 Å². The van der Waals surface area contributed by atoms with Crippen LogP contribution < -0.4 is 0 Å². The van der Waals surface area contributed by atoms with Gasteiger partial charge in [-0.1, -0.05) is 0 Å². The average Bonchev–Trinajstić information content (AvgIpc) is 1.90. The van der Waals surface area contributed by atoms with Crippen molar-refractivity contribution in [3.05, 3.63) is 30.1 Å². The van der Waals surface area contributed by atoms with Crippen LogP contribution in [0.5, 0.6) is 0 Å². The summed E-state index contributed by atoms with van der Waals surface area (Å²) in [6.45, 7) is 0. The fourth-order valence-electron chi connectivity index (χ4n) is 0.379. The normalized spacial score (nSPS) is 6.80. The van der Waals surface area contributed by atoms with Gasteiger partial charge in [-0.15, -0.1) is 12.4 Å². The maximum atomic E-state index is 9.83. The van der Waals surface area contributed by atoms with Gasteiger partial charge < -0.3 is 9.78 Å². The largest absolute Gasteiger partial charge is 0.421 e. The second-order valence-corrected chi connectivity index (χ2v) is 1.28. The second-order valence-electron chi connectivity index (χ2n) is 1.28. The van der Waals surface area contributed by atoms with Crippen molar-refractivity contribution < 1.29 is 70.2 Å². The zero-order valence-electron chi connectivity index (χ0n) is 5.24. The molecule has 46 valence electrons. The van der Waals surface area contributed by atoms with Gasteiger partial charge in [0.25, 0.3) is 0 Å². The summed E-state index contributed by atoms with van der Waals surface area (Å²) in [5.74, 6) is 0. The maximum Gasteiger partial charge on any atom is 0 e. The van der Waals surface area contributed by atoms with Crippen molar-refractivity contribution in [1.82, 2.24) is 4.98 Å². The third-order valence-electron chi connectivity index (χ3n) is 0.741. The topological polar surface area (TPSA) is 30.0 Å². The monoisotopic (exact) mass is 283 g/mol. The molecule has 1 heterocycles. The van der Waals surface area contributed by atoms with Gasteiger partial charge in [-0.25, -0.2) is 0 Å². The zero-order valence-corrected chi connectivity index (χ0v) is 10.9. The molecule has 0 unspecified atom stereocenters. The van der Waals surface area contributed by atoms with E-state index in [1.54, 1.807) is 12.4 Å². The van der Waals surface area contributed by atoms with E-state index in [1.165, 1.54) is 12.3 Å². The van der Waals surface area contributed by atoms with E-state index in [1.807, 2.05) is 0 Å². The summed E-state index contributed by atoms with van der Waals surface area (Å²) in [4.78, 5) is 13.4. The standard InChI is InChI=1S/C6H3NO.2Y/c8-5-6-1-3-7-4-2-6;;/h1-3H;;/q-2;;. The summed E-state index contributed by atoms with van der Waals surface area (Å²) in [7, 11) is 0. The van der Waals surface area contributed by atoms with E-state index in [0.717, 1.165) is 0 Å². The molecular formula is C6H3NOY2-2. The van der Waals surface area contributed by atoms with E-state index >= 15 is 0 Å². The minimum Gasteiger partial charge on any atom is -0.421 e. The minimum absolute atomic E-state index is 0. The van der Waals surface area contributed by atoms with Crippen LogP contribution in [0.2, 0.25) is 0 Å². The quantitative estimate of drug-likeness (QED) is 0.695. The molecule has 1 aromatic heterocycles. The summed E-state index contributed by atoms with van der Waals surface area (Å²) >= 11 is 0. The molecule has 0 aromatic carbocycles. The van der Waals surface area contributed by atoms with Crippen molar-refractivity contribution in [3.63, 3.8) is 0 Å². The molecule has 10 heavy (non-hydrogen) atoms. The molecule has 0 aliphatic heterocycles. The average molecular weight is 283 g/mol. The van der Waals surface area contributed by atoms with Crippen LogP contribution in [0.4, 0.5) is 0 Å². The van der Waals surface area contributed by atoms with Crippen LogP contribution >= 0.6 is 0 Å². The molecule has 1 aromatic rings. The molecule has 4 heteroatoms. The molecule has 0 atom stereocenters. The van der Waals surface area contributed by atoms with Gasteiger partial charge >= 0.3 is 0 Å². The Labute approximate surface area is 110 Å². The first-order valence-electron chi connectivity index (χ1n) is 2.14. The molecule has 0 bridgehead atoms. The van der Waals surface area contributed by atoms with Gasteiger partial charge in [-0.05, 0) is 6.29 Å². The third-order valence-corrected chi connectivity index (χ3v) is 0.741. The Balaban J connectivity index is 0. The molecule has 0 fully saturated rings. The van der Waals surface area contributed by atoms with Gasteiger partial charge in [0, 0.05) is 65.4 Å². The molecule has 0 spiro atoms. The molecule has 0 aliphatic rings. The first-order chi connectivity index (χ1) is 3.93. The Morgan fingerprint density at radius 2 is 2.20 bits per heavy atom. The smallest absolute Gasteiger partial charge is 0 e. The third kappa shape index (κ3) is 4.78. The van der Waals surface area contributed by atoms with E-state index in [-0.39, 0.29) is 65.4 Å². The number of hydrogen-bond donors (Lipinski definition) is 0. The maximum absolute atomic E-state index is 9.83. The van der Waals surface area contributed by atoms with Gasteiger partial charge in [0.05, 0.1) is 0 Å². The Bertz CT molecular complexity index is 178. The molecule has 0 saturated heterocycles. The van der Waals surface area contributed by atoms with Crippen LogP contribution in [0.15, 0.2) is 18.3 Å². The fourth-order valence-corrected chi connectivity index (χ4v) is 0.379. The second kappa shape index (κ2) is 8.13. The number of carbonyl (C=O) groups excluding carboxylic acids is 1. The van der Waals surface area contributed by atoms with Crippen LogP contribution in [0.25, 0.3) is 0 Å². The fraction of sp³-hybridized carbons (Fsp3) is 0. The van der Waals surface area contributed by atoms with Crippen LogP contribution in [0.3, 0.4) is 0 Å². The van der Waals surface area contributed by atoms with Crippen LogP contribution in [-0.4, -0.2) is 11.3 Å². The Hall–Kier alpha value is 1.03. The van der Waals surface area contributed by atoms with Crippen molar-refractivity contribution >= 4 is 6.29 Å². The summed E-state index contributed by atoms with van der Waals surface area (Å²) < 4.78 is 0. The van der Waals surface area contributed by atoms with Crippen LogP contribution in [0.1, 0.15) is 5.56 Å². The molecular weight excluding hydrogens is 280 g/mol.